The zero-order valence-electron chi connectivity index (χ0n) is 12.5. The van der Waals surface area contributed by atoms with Crippen LogP contribution in [0.1, 0.15) is 26.2 Å². The van der Waals surface area contributed by atoms with Crippen LogP contribution in [0, 0.1) is 0 Å². The van der Waals surface area contributed by atoms with Crippen LogP contribution in [0.5, 0.6) is 0 Å². The Kier molecular flexibility index (Phi) is 13.1. The Labute approximate surface area is 152 Å². The Hall–Kier alpha value is 0.872. The third kappa shape index (κ3) is 7.32. The van der Waals surface area contributed by atoms with Gasteiger partial charge in [0.15, 0.2) is 0 Å². The van der Waals surface area contributed by atoms with Crippen LogP contribution in [0.2, 0.25) is 0 Å². The topological polar surface area (TPSA) is 81.1 Å². The second-order valence-electron chi connectivity index (χ2n) is 5.59. The fraction of sp³-hybridized carbons (Fsp3) is 0.923. The summed E-state index contributed by atoms with van der Waals surface area (Å²) >= 11 is 9.79. The molecule has 0 aromatic heterocycles. The number of likely N-dealkylation sites (tertiary alicyclic amines) is 1. The minimum Gasteiger partial charge on any atom is -2.00 e. The van der Waals surface area contributed by atoms with Crippen molar-refractivity contribution in [3.05, 3.63) is 0 Å². The summed E-state index contributed by atoms with van der Waals surface area (Å²) in [6.45, 7) is 3.76. The molecule has 0 amide bonds. The molecule has 2 heterocycles. The second-order valence-corrected chi connectivity index (χ2v) is 6.21. The Morgan fingerprint density at radius 1 is 1.48 bits per heavy atom. The predicted molar refractivity (Wildman–Crippen MR) is 82.8 cm³/mol. The molecule has 21 heavy (non-hydrogen) atoms. The molecule has 2 aliphatic rings. The fourth-order valence-electron chi connectivity index (χ4n) is 2.27. The summed E-state index contributed by atoms with van der Waals surface area (Å²) in [6.07, 6.45) is 1.98. The molecule has 0 aromatic rings. The van der Waals surface area contributed by atoms with E-state index >= 15 is 0 Å². The van der Waals surface area contributed by atoms with Gasteiger partial charge in [0.1, 0.15) is 5.78 Å². The normalized spacial score (nSPS) is 32.5. The summed E-state index contributed by atoms with van der Waals surface area (Å²) in [5.74, 6) is 1.64. The van der Waals surface area contributed by atoms with E-state index in [2.05, 4.69) is 10.2 Å². The van der Waals surface area contributed by atoms with Gasteiger partial charge < -0.3 is 46.1 Å². The van der Waals surface area contributed by atoms with Gasteiger partial charge in [-0.25, -0.2) is 0 Å². The third-order valence-electron chi connectivity index (χ3n) is 4.00. The predicted octanol–water partition coefficient (Wildman–Crippen LogP) is -0.278. The number of carbonyl (C=O) groups excluding carboxylic acids is 1. The van der Waals surface area contributed by atoms with E-state index in [0.29, 0.717) is 36.2 Å². The van der Waals surface area contributed by atoms with Gasteiger partial charge in [0.2, 0.25) is 0 Å². The number of Topliss-reactive ketones (excluding diaryl/α,β-unsaturated/α-hetero) is 1. The molecule has 8 heteroatoms. The van der Waals surface area contributed by atoms with Gasteiger partial charge >= 0.3 is 0 Å². The van der Waals surface area contributed by atoms with Crippen molar-refractivity contribution < 1.29 is 35.8 Å². The summed E-state index contributed by atoms with van der Waals surface area (Å²) in [5, 5.41) is 12.5. The number of hydrogen-bond acceptors (Lipinski definition) is 6. The molecule has 0 bridgehead atoms. The van der Waals surface area contributed by atoms with Gasteiger partial charge in [-0.3, -0.25) is 4.79 Å². The number of rotatable bonds is 2. The first-order valence-electron chi connectivity index (χ1n) is 6.74. The first kappa shape index (κ1) is 24.1. The maximum Gasteiger partial charge on any atom is 0.135 e. The molecule has 3 atom stereocenters. The number of aliphatic hydroxyl groups is 1. The van der Waals surface area contributed by atoms with Gasteiger partial charge in [0, 0.05) is 45.3 Å². The maximum absolute atomic E-state index is 10.9. The van der Waals surface area contributed by atoms with Crippen LogP contribution in [0.4, 0.5) is 0 Å². The maximum atomic E-state index is 10.9. The van der Waals surface area contributed by atoms with Crippen molar-refractivity contribution in [1.82, 2.24) is 10.2 Å². The zero-order chi connectivity index (χ0) is 14.5. The number of ketones is 1. The van der Waals surface area contributed by atoms with E-state index in [-0.39, 0.29) is 37.5 Å². The number of carbonyl (C=O) groups is 1. The van der Waals surface area contributed by atoms with E-state index in [9.17, 15) is 9.90 Å². The summed E-state index contributed by atoms with van der Waals surface area (Å²) in [5.41, 5.74) is -0.185. The van der Waals surface area contributed by atoms with Gasteiger partial charge in [-0.2, -0.15) is 11.5 Å². The van der Waals surface area contributed by atoms with Crippen LogP contribution in [-0.2, 0) is 56.0 Å². The van der Waals surface area contributed by atoms with Crippen molar-refractivity contribution in [2.45, 2.75) is 43.9 Å². The second kappa shape index (κ2) is 11.4. The van der Waals surface area contributed by atoms with E-state index in [1.165, 1.54) is 0 Å². The van der Waals surface area contributed by atoms with Crippen molar-refractivity contribution in [1.29, 1.82) is 0 Å². The van der Waals surface area contributed by atoms with Crippen LogP contribution < -0.4 is 5.32 Å². The number of hydrogen-bond donors (Lipinski definition) is 2. The number of aliphatic hydroxyl groups excluding tert-OH is 1. The van der Waals surface area contributed by atoms with Crippen molar-refractivity contribution in [3.63, 3.8) is 0 Å². The van der Waals surface area contributed by atoms with E-state index in [1.807, 2.05) is 14.0 Å². The van der Waals surface area contributed by atoms with Gasteiger partial charge in [0.05, 0.1) is 6.10 Å². The molecule has 127 valence electrons. The molecule has 0 aromatic carbocycles. The van der Waals surface area contributed by atoms with Crippen LogP contribution in [0.25, 0.3) is 0 Å². The molecular weight excluding hydrogens is 482 g/mol. The van der Waals surface area contributed by atoms with E-state index in [0.717, 1.165) is 19.5 Å². The van der Waals surface area contributed by atoms with E-state index in [4.69, 9.17) is 25.3 Å². The van der Waals surface area contributed by atoms with Gasteiger partial charge in [0.25, 0.3) is 0 Å². The van der Waals surface area contributed by atoms with Crippen LogP contribution >= 0.6 is 0 Å². The summed E-state index contributed by atoms with van der Waals surface area (Å²) in [7, 11) is 2.03. The molecule has 0 saturated carbocycles. The standard InChI is InChI=1S/C7H13NOS.C6H13NOS.O.Re/c1-8-3-2-7(9)4-6(8)5-10;1-6(4-9)5(8)2-3-7-6;;/h6,10H,2-5H2,1H3;5,7-9H,2-4H2,1H3;;/q;;-2;/p-2/t6-;5-,6+;;/m00../s1. The first-order valence-corrected chi connectivity index (χ1v) is 7.89. The number of nitrogens with zero attached hydrogens (tertiary/aromatic N) is 1. The van der Waals surface area contributed by atoms with Crippen LogP contribution in [0.3, 0.4) is 0 Å². The average molecular weight is 507 g/mol. The monoisotopic (exact) mass is 507 g/mol. The fourth-order valence-corrected chi connectivity index (χ4v) is 2.94. The Bertz CT molecular complexity index is 313. The minimum atomic E-state index is -0.241. The van der Waals surface area contributed by atoms with Crippen LogP contribution in [0.15, 0.2) is 0 Å². The van der Waals surface area contributed by atoms with E-state index in [1.54, 1.807) is 0 Å². The molecular formula is C13H24N2O3ReS2-4. The smallest absolute Gasteiger partial charge is 0.135 e. The van der Waals surface area contributed by atoms with Crippen molar-refractivity contribution in [2.24, 2.45) is 0 Å². The molecule has 2 saturated heterocycles. The molecule has 2 fully saturated rings. The summed E-state index contributed by atoms with van der Waals surface area (Å²) in [4.78, 5) is 13.1. The average Bonchev–Trinajstić information content (AvgIpc) is 2.74. The molecule has 0 aliphatic carbocycles. The third-order valence-corrected chi connectivity index (χ3v) is 4.99. The Balaban J connectivity index is 0. The first-order chi connectivity index (χ1) is 8.92. The zero-order valence-corrected chi connectivity index (χ0v) is 16.9. The number of nitrogens with one attached hydrogen (secondary N) is 1. The van der Waals surface area contributed by atoms with Crippen LogP contribution in [-0.4, -0.2) is 65.1 Å². The van der Waals surface area contributed by atoms with Crippen molar-refractivity contribution in [2.75, 3.05) is 31.6 Å². The van der Waals surface area contributed by atoms with Gasteiger partial charge in [-0.1, -0.05) is 0 Å². The molecule has 0 spiro atoms. The molecule has 2 rings (SSSR count). The molecule has 5 nitrogen and oxygen atoms in total. The SMILES string of the molecule is CN1CCC(=O)C[C@H]1C[S-].C[C@]1(C[S-])NCC[C@@H]1O.[O-2].[Re]. The van der Waals surface area contributed by atoms with Crippen molar-refractivity contribution in [3.8, 4) is 0 Å². The Morgan fingerprint density at radius 2 is 2.10 bits per heavy atom. The largest absolute Gasteiger partial charge is 2.00 e. The summed E-state index contributed by atoms with van der Waals surface area (Å²) < 4.78 is 0. The molecule has 2 aliphatic heterocycles. The summed E-state index contributed by atoms with van der Waals surface area (Å²) in [6, 6.07) is 0.330. The van der Waals surface area contributed by atoms with E-state index < -0.39 is 0 Å². The van der Waals surface area contributed by atoms with Crippen molar-refractivity contribution >= 4 is 31.0 Å². The Morgan fingerprint density at radius 3 is 2.43 bits per heavy atom. The molecule has 1 radical (unpaired) electrons. The van der Waals surface area contributed by atoms with Gasteiger partial charge in [-0.15, -0.1) is 0 Å². The minimum absolute atomic E-state index is 0. The number of piperidine rings is 1. The molecule has 0 unspecified atom stereocenters. The quantitative estimate of drug-likeness (QED) is 0.502. The molecule has 2 N–H and O–H groups in total. The van der Waals surface area contributed by atoms with Gasteiger partial charge in [-0.05, 0) is 33.0 Å².